The molecule has 76 valence electrons. The van der Waals surface area contributed by atoms with Crippen LogP contribution >= 0.6 is 27.5 Å². The topological polar surface area (TPSA) is 63.3 Å². The molecule has 0 aromatic heterocycles. The number of hydrogen-bond donors (Lipinski definition) is 2. The standard InChI is InChI=1S/C9H9BrClNO2/c10-6-2-1-5(7(11)4-6)3-8(12)9(13)14/h1-2,4,8H,3,12H2,(H,13,14)/t8-/m0/s1. The van der Waals surface area contributed by atoms with Gasteiger partial charge in [0.2, 0.25) is 0 Å². The molecule has 0 heterocycles. The van der Waals surface area contributed by atoms with Crippen molar-refractivity contribution in [2.75, 3.05) is 0 Å². The molecule has 3 N–H and O–H groups in total. The molecule has 0 saturated carbocycles. The fraction of sp³-hybridized carbons (Fsp3) is 0.222. The van der Waals surface area contributed by atoms with E-state index in [-0.39, 0.29) is 6.42 Å². The summed E-state index contributed by atoms with van der Waals surface area (Å²) in [5.41, 5.74) is 6.13. The van der Waals surface area contributed by atoms with Crippen molar-refractivity contribution >= 4 is 33.5 Å². The maximum Gasteiger partial charge on any atom is 0.320 e. The molecular weight excluding hydrogens is 269 g/mol. The molecule has 5 heteroatoms. The Morgan fingerprint density at radius 1 is 1.64 bits per heavy atom. The summed E-state index contributed by atoms with van der Waals surface area (Å²) in [6, 6.07) is 4.37. The highest BCUT2D eigenvalue weighted by Crippen LogP contribution is 2.22. The fourth-order valence-electron chi connectivity index (χ4n) is 1.01. The van der Waals surface area contributed by atoms with Gasteiger partial charge in [-0.1, -0.05) is 33.6 Å². The molecule has 14 heavy (non-hydrogen) atoms. The normalized spacial score (nSPS) is 12.5. The van der Waals surface area contributed by atoms with E-state index in [0.29, 0.717) is 5.02 Å². The van der Waals surface area contributed by atoms with Crippen LogP contribution < -0.4 is 5.73 Å². The number of nitrogens with two attached hydrogens (primary N) is 1. The summed E-state index contributed by atoms with van der Waals surface area (Å²) in [4.78, 5) is 10.5. The van der Waals surface area contributed by atoms with Crippen molar-refractivity contribution in [1.29, 1.82) is 0 Å². The lowest BCUT2D eigenvalue weighted by Crippen LogP contribution is -2.32. The second-order valence-corrected chi connectivity index (χ2v) is 4.21. The minimum Gasteiger partial charge on any atom is -0.480 e. The van der Waals surface area contributed by atoms with Crippen LogP contribution in [0.25, 0.3) is 0 Å². The summed E-state index contributed by atoms with van der Waals surface area (Å²) in [5.74, 6) is -1.02. The highest BCUT2D eigenvalue weighted by Gasteiger charge is 2.13. The quantitative estimate of drug-likeness (QED) is 0.889. The molecule has 0 bridgehead atoms. The summed E-state index contributed by atoms with van der Waals surface area (Å²) in [7, 11) is 0. The summed E-state index contributed by atoms with van der Waals surface area (Å²) in [6.07, 6.45) is 0.238. The first-order chi connectivity index (χ1) is 6.50. The van der Waals surface area contributed by atoms with E-state index in [4.69, 9.17) is 22.4 Å². The van der Waals surface area contributed by atoms with Gasteiger partial charge in [-0.2, -0.15) is 0 Å². The predicted molar refractivity (Wildman–Crippen MR) is 58.5 cm³/mol. The average molecular weight is 279 g/mol. The lowest BCUT2D eigenvalue weighted by molar-refractivity contribution is -0.138. The van der Waals surface area contributed by atoms with Gasteiger partial charge in [-0.15, -0.1) is 0 Å². The van der Waals surface area contributed by atoms with Gasteiger partial charge in [0.1, 0.15) is 6.04 Å². The fourth-order valence-corrected chi connectivity index (χ4v) is 1.76. The molecule has 1 aromatic rings. The van der Waals surface area contributed by atoms with Gasteiger partial charge in [-0.05, 0) is 24.1 Å². The summed E-state index contributed by atoms with van der Waals surface area (Å²) in [6.45, 7) is 0. The minimum absolute atomic E-state index is 0.238. The minimum atomic E-state index is -1.02. The molecule has 0 aliphatic rings. The van der Waals surface area contributed by atoms with Crippen LogP contribution in [0.5, 0.6) is 0 Å². The first-order valence-electron chi connectivity index (χ1n) is 3.93. The highest BCUT2D eigenvalue weighted by atomic mass is 79.9. The molecule has 1 aromatic carbocycles. The molecule has 0 amide bonds. The number of hydrogen-bond acceptors (Lipinski definition) is 2. The largest absolute Gasteiger partial charge is 0.480 e. The van der Waals surface area contributed by atoms with Crippen molar-refractivity contribution in [2.24, 2.45) is 5.73 Å². The Hall–Kier alpha value is -0.580. The number of aliphatic carboxylic acids is 1. The molecule has 0 fully saturated rings. The first kappa shape index (κ1) is 11.5. The van der Waals surface area contributed by atoms with Crippen LogP contribution in [0.1, 0.15) is 5.56 Å². The third-order valence-electron chi connectivity index (χ3n) is 1.77. The van der Waals surface area contributed by atoms with Gasteiger partial charge in [0.05, 0.1) is 0 Å². The molecule has 0 spiro atoms. The Kier molecular flexibility index (Phi) is 3.92. The summed E-state index contributed by atoms with van der Waals surface area (Å²) >= 11 is 9.16. The number of halogens is 2. The lowest BCUT2D eigenvalue weighted by Gasteiger charge is -2.08. The van der Waals surface area contributed by atoms with Gasteiger partial charge in [0, 0.05) is 9.50 Å². The van der Waals surface area contributed by atoms with Crippen LogP contribution in [0, 0.1) is 0 Å². The van der Waals surface area contributed by atoms with E-state index in [0.717, 1.165) is 10.0 Å². The molecule has 3 nitrogen and oxygen atoms in total. The van der Waals surface area contributed by atoms with Gasteiger partial charge in [0.15, 0.2) is 0 Å². The zero-order valence-corrected chi connectivity index (χ0v) is 9.55. The molecule has 1 atom stereocenters. The highest BCUT2D eigenvalue weighted by molar-refractivity contribution is 9.10. The molecule has 0 radical (unpaired) electrons. The van der Waals surface area contributed by atoms with Crippen molar-refractivity contribution in [3.63, 3.8) is 0 Å². The first-order valence-corrected chi connectivity index (χ1v) is 5.10. The van der Waals surface area contributed by atoms with E-state index in [1.807, 2.05) is 0 Å². The Morgan fingerprint density at radius 2 is 2.29 bits per heavy atom. The van der Waals surface area contributed by atoms with E-state index in [9.17, 15) is 4.79 Å². The van der Waals surface area contributed by atoms with E-state index >= 15 is 0 Å². The molecule has 1 rings (SSSR count). The van der Waals surface area contributed by atoms with Crippen molar-refractivity contribution in [3.8, 4) is 0 Å². The molecule has 0 saturated heterocycles. The van der Waals surface area contributed by atoms with E-state index < -0.39 is 12.0 Å². The zero-order chi connectivity index (χ0) is 10.7. The van der Waals surface area contributed by atoms with Gasteiger partial charge in [0.25, 0.3) is 0 Å². The molecule has 0 aliphatic heterocycles. The van der Waals surface area contributed by atoms with E-state index in [1.54, 1.807) is 18.2 Å². The van der Waals surface area contributed by atoms with Crippen LogP contribution in [0.2, 0.25) is 5.02 Å². The second kappa shape index (κ2) is 4.77. The lowest BCUT2D eigenvalue weighted by atomic mass is 10.1. The van der Waals surface area contributed by atoms with Crippen molar-refractivity contribution in [3.05, 3.63) is 33.3 Å². The van der Waals surface area contributed by atoms with Crippen molar-refractivity contribution in [1.82, 2.24) is 0 Å². The number of benzene rings is 1. The maximum atomic E-state index is 10.5. The summed E-state index contributed by atoms with van der Waals surface area (Å²) in [5, 5.41) is 9.14. The number of carboxylic acids is 1. The van der Waals surface area contributed by atoms with Crippen LogP contribution in [-0.2, 0) is 11.2 Å². The van der Waals surface area contributed by atoms with Crippen LogP contribution in [0.15, 0.2) is 22.7 Å². The van der Waals surface area contributed by atoms with E-state index in [1.165, 1.54) is 0 Å². The number of carboxylic acid groups (broad SMARTS) is 1. The average Bonchev–Trinajstić information content (AvgIpc) is 2.09. The summed E-state index contributed by atoms with van der Waals surface area (Å²) < 4.78 is 0.857. The van der Waals surface area contributed by atoms with Gasteiger partial charge in [-0.25, -0.2) is 0 Å². The van der Waals surface area contributed by atoms with Gasteiger partial charge < -0.3 is 10.8 Å². The third kappa shape index (κ3) is 2.97. The maximum absolute atomic E-state index is 10.5. The second-order valence-electron chi connectivity index (χ2n) is 2.88. The predicted octanol–water partition coefficient (Wildman–Crippen LogP) is 2.06. The van der Waals surface area contributed by atoms with E-state index in [2.05, 4.69) is 15.9 Å². The van der Waals surface area contributed by atoms with Crippen molar-refractivity contribution in [2.45, 2.75) is 12.5 Å². The Balaban J connectivity index is 2.82. The van der Waals surface area contributed by atoms with Gasteiger partial charge in [-0.3, -0.25) is 4.79 Å². The Bertz CT molecular complexity index is 357. The zero-order valence-electron chi connectivity index (χ0n) is 7.21. The third-order valence-corrected chi connectivity index (χ3v) is 2.62. The van der Waals surface area contributed by atoms with Crippen LogP contribution in [-0.4, -0.2) is 17.1 Å². The monoisotopic (exact) mass is 277 g/mol. The van der Waals surface area contributed by atoms with Crippen molar-refractivity contribution < 1.29 is 9.90 Å². The number of carbonyl (C=O) groups is 1. The SMILES string of the molecule is N[C@@H](Cc1ccc(Br)cc1Cl)C(=O)O. The van der Waals surface area contributed by atoms with Gasteiger partial charge >= 0.3 is 5.97 Å². The van der Waals surface area contributed by atoms with Crippen LogP contribution in [0.4, 0.5) is 0 Å². The Morgan fingerprint density at radius 3 is 2.79 bits per heavy atom. The molecule has 0 unspecified atom stereocenters. The molecule has 0 aliphatic carbocycles. The molecular formula is C9H9BrClNO2. The number of rotatable bonds is 3. The Labute approximate surface area is 95.0 Å². The smallest absolute Gasteiger partial charge is 0.320 e. The van der Waals surface area contributed by atoms with Crippen LogP contribution in [0.3, 0.4) is 0 Å².